The first-order chi connectivity index (χ1) is 7.35. The molecule has 0 fully saturated rings. The molecule has 1 aromatic carbocycles. The van der Waals surface area contributed by atoms with Gasteiger partial charge in [-0.1, -0.05) is 12.1 Å². The lowest BCUT2D eigenvalue weighted by Crippen LogP contribution is -1.86. The molecular formula is C11H10N2O2. The average Bonchev–Trinajstić information content (AvgIpc) is 2.77. The first-order valence-electron chi connectivity index (χ1n) is 4.48. The highest BCUT2D eigenvalue weighted by Gasteiger charge is 2.06. The summed E-state index contributed by atoms with van der Waals surface area (Å²) in [6.07, 6.45) is 2.38. The maximum Gasteiger partial charge on any atom is 0.168 e. The van der Waals surface area contributed by atoms with Crippen LogP contribution >= 0.6 is 0 Å². The quantitative estimate of drug-likeness (QED) is 0.773. The predicted molar refractivity (Wildman–Crippen MR) is 56.0 cm³/mol. The number of carbonyl (C=O) groups is 1. The summed E-state index contributed by atoms with van der Waals surface area (Å²) in [6.45, 7) is 0. The lowest BCUT2D eigenvalue weighted by Gasteiger charge is -2.02. The van der Waals surface area contributed by atoms with Crippen molar-refractivity contribution in [3.8, 4) is 16.9 Å². The third-order valence-electron chi connectivity index (χ3n) is 2.17. The molecule has 0 aliphatic carbocycles. The number of carbonyl (C=O) groups excluding carboxylic acids is 1. The van der Waals surface area contributed by atoms with Gasteiger partial charge in [-0.15, -0.1) is 0 Å². The summed E-state index contributed by atoms with van der Waals surface area (Å²) in [5.41, 5.74) is 2.16. The van der Waals surface area contributed by atoms with Crippen molar-refractivity contribution in [1.29, 1.82) is 0 Å². The monoisotopic (exact) mass is 202 g/mol. The van der Waals surface area contributed by atoms with E-state index in [1.807, 2.05) is 24.3 Å². The van der Waals surface area contributed by atoms with Gasteiger partial charge in [-0.2, -0.15) is 5.10 Å². The summed E-state index contributed by atoms with van der Waals surface area (Å²) in [5, 5.41) is 6.46. The van der Waals surface area contributed by atoms with Gasteiger partial charge in [0.1, 0.15) is 11.4 Å². The summed E-state index contributed by atoms with van der Waals surface area (Å²) < 4.78 is 5.11. The summed E-state index contributed by atoms with van der Waals surface area (Å²) >= 11 is 0. The fraction of sp³-hybridized carbons (Fsp3) is 0.0909. The van der Waals surface area contributed by atoms with Gasteiger partial charge in [0.25, 0.3) is 0 Å². The second-order valence-electron chi connectivity index (χ2n) is 3.05. The maximum absolute atomic E-state index is 10.7. The van der Waals surface area contributed by atoms with Gasteiger partial charge in [-0.05, 0) is 17.7 Å². The molecule has 0 spiro atoms. The SMILES string of the molecule is COc1cccc(-c2cn[nH]c2C=O)c1. The van der Waals surface area contributed by atoms with E-state index in [4.69, 9.17) is 4.74 Å². The van der Waals surface area contributed by atoms with Gasteiger partial charge in [0, 0.05) is 5.56 Å². The van der Waals surface area contributed by atoms with E-state index in [1.54, 1.807) is 13.3 Å². The van der Waals surface area contributed by atoms with E-state index in [9.17, 15) is 4.79 Å². The molecule has 2 rings (SSSR count). The molecule has 1 aromatic heterocycles. The number of aldehydes is 1. The van der Waals surface area contributed by atoms with Gasteiger partial charge < -0.3 is 4.74 Å². The van der Waals surface area contributed by atoms with E-state index in [1.165, 1.54) is 0 Å². The Kier molecular flexibility index (Phi) is 2.49. The van der Waals surface area contributed by atoms with Crippen LogP contribution in [0.3, 0.4) is 0 Å². The highest BCUT2D eigenvalue weighted by atomic mass is 16.5. The van der Waals surface area contributed by atoms with E-state index in [0.29, 0.717) is 5.69 Å². The molecule has 2 aromatic rings. The first-order valence-corrected chi connectivity index (χ1v) is 4.48. The minimum absolute atomic E-state index is 0.475. The maximum atomic E-state index is 10.7. The minimum atomic E-state index is 0.475. The fourth-order valence-electron chi connectivity index (χ4n) is 1.41. The zero-order valence-corrected chi connectivity index (χ0v) is 8.23. The molecule has 0 bridgehead atoms. The number of hydrogen-bond acceptors (Lipinski definition) is 3. The largest absolute Gasteiger partial charge is 0.497 e. The summed E-state index contributed by atoms with van der Waals surface area (Å²) in [4.78, 5) is 10.7. The minimum Gasteiger partial charge on any atom is -0.497 e. The number of rotatable bonds is 3. The number of aromatic nitrogens is 2. The summed E-state index contributed by atoms with van der Waals surface area (Å²) in [7, 11) is 1.61. The highest BCUT2D eigenvalue weighted by molar-refractivity contribution is 5.85. The Balaban J connectivity index is 2.48. The average molecular weight is 202 g/mol. The Labute approximate surface area is 86.9 Å². The Morgan fingerprint density at radius 1 is 1.47 bits per heavy atom. The first kappa shape index (κ1) is 9.45. The fourth-order valence-corrected chi connectivity index (χ4v) is 1.41. The van der Waals surface area contributed by atoms with E-state index >= 15 is 0 Å². The van der Waals surface area contributed by atoms with Crippen LogP contribution in [-0.4, -0.2) is 23.6 Å². The Morgan fingerprint density at radius 2 is 2.33 bits per heavy atom. The van der Waals surface area contributed by atoms with Crippen molar-refractivity contribution in [2.45, 2.75) is 0 Å². The van der Waals surface area contributed by atoms with Crippen molar-refractivity contribution in [3.05, 3.63) is 36.2 Å². The van der Waals surface area contributed by atoms with Crippen molar-refractivity contribution in [1.82, 2.24) is 10.2 Å². The second-order valence-corrected chi connectivity index (χ2v) is 3.05. The van der Waals surface area contributed by atoms with Crippen LogP contribution in [0.4, 0.5) is 0 Å². The molecule has 76 valence electrons. The van der Waals surface area contributed by atoms with Gasteiger partial charge in [0.2, 0.25) is 0 Å². The lowest BCUT2D eigenvalue weighted by molar-refractivity contribution is 0.111. The standard InChI is InChI=1S/C11H10N2O2/c1-15-9-4-2-3-8(5-9)10-6-12-13-11(10)7-14/h2-7H,1H3,(H,12,13). The smallest absolute Gasteiger partial charge is 0.168 e. The van der Waals surface area contributed by atoms with Gasteiger partial charge >= 0.3 is 0 Å². The summed E-state index contributed by atoms with van der Waals surface area (Å²) in [5.74, 6) is 0.755. The molecule has 0 atom stereocenters. The van der Waals surface area contributed by atoms with Crippen LogP contribution in [0.25, 0.3) is 11.1 Å². The molecule has 1 heterocycles. The predicted octanol–water partition coefficient (Wildman–Crippen LogP) is 1.90. The van der Waals surface area contributed by atoms with Gasteiger partial charge in [0.05, 0.1) is 13.3 Å². The van der Waals surface area contributed by atoms with Crippen LogP contribution in [0, 0.1) is 0 Å². The Bertz CT molecular complexity index is 477. The number of nitrogens with one attached hydrogen (secondary N) is 1. The van der Waals surface area contributed by atoms with Crippen LogP contribution < -0.4 is 4.74 Å². The van der Waals surface area contributed by atoms with E-state index in [-0.39, 0.29) is 0 Å². The van der Waals surface area contributed by atoms with E-state index in [0.717, 1.165) is 23.2 Å². The molecule has 0 aliphatic rings. The summed E-state index contributed by atoms with van der Waals surface area (Å²) in [6, 6.07) is 7.48. The van der Waals surface area contributed by atoms with Crippen molar-refractivity contribution >= 4 is 6.29 Å². The molecule has 1 N–H and O–H groups in total. The zero-order valence-electron chi connectivity index (χ0n) is 8.23. The third-order valence-corrected chi connectivity index (χ3v) is 2.17. The van der Waals surface area contributed by atoms with Crippen molar-refractivity contribution < 1.29 is 9.53 Å². The molecule has 4 heteroatoms. The molecular weight excluding hydrogens is 192 g/mol. The molecule has 0 saturated carbocycles. The Hall–Kier alpha value is -2.10. The van der Waals surface area contributed by atoms with Crippen LogP contribution in [-0.2, 0) is 0 Å². The molecule has 0 saturated heterocycles. The highest BCUT2D eigenvalue weighted by Crippen LogP contribution is 2.24. The van der Waals surface area contributed by atoms with Crippen molar-refractivity contribution in [2.24, 2.45) is 0 Å². The zero-order chi connectivity index (χ0) is 10.7. The molecule has 0 radical (unpaired) electrons. The van der Waals surface area contributed by atoms with Crippen LogP contribution in [0.2, 0.25) is 0 Å². The van der Waals surface area contributed by atoms with Crippen molar-refractivity contribution in [2.75, 3.05) is 7.11 Å². The topological polar surface area (TPSA) is 55.0 Å². The molecule has 0 unspecified atom stereocenters. The lowest BCUT2D eigenvalue weighted by atomic mass is 10.1. The number of aromatic amines is 1. The number of hydrogen-bond donors (Lipinski definition) is 1. The van der Waals surface area contributed by atoms with E-state index in [2.05, 4.69) is 10.2 Å². The van der Waals surface area contributed by atoms with Gasteiger partial charge in [-0.3, -0.25) is 9.89 Å². The van der Waals surface area contributed by atoms with Gasteiger partial charge in [-0.25, -0.2) is 0 Å². The van der Waals surface area contributed by atoms with Crippen molar-refractivity contribution in [3.63, 3.8) is 0 Å². The molecule has 0 amide bonds. The van der Waals surface area contributed by atoms with Crippen LogP contribution in [0.1, 0.15) is 10.5 Å². The molecule has 0 aliphatic heterocycles. The normalized spacial score (nSPS) is 9.93. The number of methoxy groups -OCH3 is 1. The van der Waals surface area contributed by atoms with E-state index < -0.39 is 0 Å². The van der Waals surface area contributed by atoms with Crippen LogP contribution in [0.15, 0.2) is 30.5 Å². The number of ether oxygens (including phenoxy) is 1. The van der Waals surface area contributed by atoms with Crippen LogP contribution in [0.5, 0.6) is 5.75 Å². The second kappa shape index (κ2) is 3.96. The molecule has 15 heavy (non-hydrogen) atoms. The number of H-pyrrole nitrogens is 1. The third kappa shape index (κ3) is 1.74. The Morgan fingerprint density at radius 3 is 3.07 bits per heavy atom. The number of benzene rings is 1. The molecule has 4 nitrogen and oxygen atoms in total. The van der Waals surface area contributed by atoms with Gasteiger partial charge in [0.15, 0.2) is 6.29 Å². The number of nitrogens with zero attached hydrogens (tertiary/aromatic N) is 1.